The van der Waals surface area contributed by atoms with Crippen LogP contribution in [0.4, 0.5) is 0 Å². The van der Waals surface area contributed by atoms with Crippen LogP contribution in [0.2, 0.25) is 0 Å². The standard InChI is InChI=1S/C25H43NO4/c1-2-4-18(5-3-1)12-21(20-7-9-23-25(14-20)30-17-28-23)10-11-26-15-19-6-8-22-24(13-19)29-16-27-22/h18-26H,1-17H2/t19?,20?,21-,22?,23?,24?,25?/m0/s1. The number of fused-ring (bicyclic) bond motifs is 2. The maximum Gasteiger partial charge on any atom is 0.147 e. The molecule has 5 rings (SSSR count). The highest BCUT2D eigenvalue weighted by molar-refractivity contribution is 4.88. The predicted octanol–water partition coefficient (Wildman–Crippen LogP) is 4.64. The lowest BCUT2D eigenvalue weighted by atomic mass is 9.71. The van der Waals surface area contributed by atoms with Crippen molar-refractivity contribution in [1.29, 1.82) is 0 Å². The SMILES string of the molecule is C1CCC(C[C@H](CCNCC2CCC3OCOC3C2)C2CCC3OCOC3C2)CC1. The number of rotatable bonds is 8. The lowest BCUT2D eigenvalue weighted by Gasteiger charge is -2.37. The highest BCUT2D eigenvalue weighted by atomic mass is 16.7. The van der Waals surface area contributed by atoms with E-state index in [1.165, 1.54) is 90.0 Å². The fourth-order valence-electron chi connectivity index (χ4n) is 7.08. The number of ether oxygens (including phenoxy) is 4. The van der Waals surface area contributed by atoms with E-state index in [-0.39, 0.29) is 0 Å². The van der Waals surface area contributed by atoms with Crippen LogP contribution in [0.5, 0.6) is 0 Å². The van der Waals surface area contributed by atoms with Gasteiger partial charge in [-0.1, -0.05) is 32.1 Å². The number of hydrogen-bond acceptors (Lipinski definition) is 5. The second-order valence-corrected chi connectivity index (χ2v) is 10.8. The van der Waals surface area contributed by atoms with E-state index in [0.717, 1.165) is 30.2 Å². The van der Waals surface area contributed by atoms with Gasteiger partial charge in [-0.2, -0.15) is 0 Å². The first-order chi connectivity index (χ1) is 14.8. The van der Waals surface area contributed by atoms with Crippen LogP contribution in [0.1, 0.15) is 83.5 Å². The molecule has 0 aromatic carbocycles. The number of nitrogens with one attached hydrogen (secondary N) is 1. The van der Waals surface area contributed by atoms with Crippen molar-refractivity contribution in [1.82, 2.24) is 5.32 Å². The molecule has 172 valence electrons. The third-order valence-corrected chi connectivity index (χ3v) is 8.89. The lowest BCUT2D eigenvalue weighted by Crippen LogP contribution is -2.37. The maximum absolute atomic E-state index is 5.91. The molecule has 0 bridgehead atoms. The molecular weight excluding hydrogens is 378 g/mol. The monoisotopic (exact) mass is 421 g/mol. The highest BCUT2D eigenvalue weighted by Gasteiger charge is 2.39. The van der Waals surface area contributed by atoms with E-state index in [0.29, 0.717) is 38.0 Å². The molecule has 5 heteroatoms. The first-order valence-corrected chi connectivity index (χ1v) is 13.0. The Hall–Kier alpha value is -0.200. The van der Waals surface area contributed by atoms with E-state index in [2.05, 4.69) is 5.32 Å². The average molecular weight is 422 g/mol. The summed E-state index contributed by atoms with van der Waals surface area (Å²) in [6.45, 7) is 3.35. The van der Waals surface area contributed by atoms with E-state index in [1.807, 2.05) is 0 Å². The summed E-state index contributed by atoms with van der Waals surface area (Å²) in [6, 6.07) is 0. The van der Waals surface area contributed by atoms with Crippen LogP contribution in [0.3, 0.4) is 0 Å². The molecule has 0 aromatic heterocycles. The van der Waals surface area contributed by atoms with Crippen LogP contribution < -0.4 is 5.32 Å². The summed E-state index contributed by atoms with van der Waals surface area (Å²) in [5, 5.41) is 3.84. The van der Waals surface area contributed by atoms with Crippen LogP contribution >= 0.6 is 0 Å². The highest BCUT2D eigenvalue weighted by Crippen LogP contribution is 2.41. The van der Waals surface area contributed by atoms with Crippen LogP contribution in [0.15, 0.2) is 0 Å². The topological polar surface area (TPSA) is 49.0 Å². The Bertz CT molecular complexity index is 525. The summed E-state index contributed by atoms with van der Waals surface area (Å²) in [5.41, 5.74) is 0. The molecule has 0 radical (unpaired) electrons. The quantitative estimate of drug-likeness (QED) is 0.579. The molecule has 2 heterocycles. The van der Waals surface area contributed by atoms with Gasteiger partial charge in [0.15, 0.2) is 0 Å². The van der Waals surface area contributed by atoms with Gasteiger partial charge in [-0.05, 0) is 88.1 Å². The first-order valence-electron chi connectivity index (χ1n) is 13.0. The predicted molar refractivity (Wildman–Crippen MR) is 116 cm³/mol. The van der Waals surface area contributed by atoms with Gasteiger partial charge in [0.25, 0.3) is 0 Å². The van der Waals surface area contributed by atoms with E-state index in [9.17, 15) is 0 Å². The van der Waals surface area contributed by atoms with Crippen molar-refractivity contribution in [3.63, 3.8) is 0 Å². The van der Waals surface area contributed by atoms with Gasteiger partial charge >= 0.3 is 0 Å². The minimum Gasteiger partial charge on any atom is -0.349 e. The lowest BCUT2D eigenvalue weighted by molar-refractivity contribution is 0.0360. The third kappa shape index (κ3) is 5.40. The zero-order valence-corrected chi connectivity index (χ0v) is 18.8. The van der Waals surface area contributed by atoms with Gasteiger partial charge in [0, 0.05) is 0 Å². The van der Waals surface area contributed by atoms with Crippen molar-refractivity contribution in [2.24, 2.45) is 23.7 Å². The Morgan fingerprint density at radius 1 is 0.667 bits per heavy atom. The first kappa shape index (κ1) is 21.6. The summed E-state index contributed by atoms with van der Waals surface area (Å²) < 4.78 is 23.1. The smallest absolute Gasteiger partial charge is 0.147 e. The second kappa shape index (κ2) is 10.6. The van der Waals surface area contributed by atoms with Crippen LogP contribution in [-0.4, -0.2) is 51.1 Å². The van der Waals surface area contributed by atoms with Gasteiger partial charge in [-0.3, -0.25) is 0 Å². The number of hydrogen-bond donors (Lipinski definition) is 1. The summed E-state index contributed by atoms with van der Waals surface area (Å²) in [4.78, 5) is 0. The van der Waals surface area contributed by atoms with Crippen molar-refractivity contribution in [3.8, 4) is 0 Å². The summed E-state index contributed by atoms with van der Waals surface area (Å²) >= 11 is 0. The van der Waals surface area contributed by atoms with E-state index < -0.39 is 0 Å². The van der Waals surface area contributed by atoms with Crippen molar-refractivity contribution in [3.05, 3.63) is 0 Å². The Kier molecular flexibility index (Phi) is 7.65. The molecule has 3 saturated carbocycles. The molecule has 0 aromatic rings. The van der Waals surface area contributed by atoms with Crippen LogP contribution in [0.25, 0.3) is 0 Å². The summed E-state index contributed by atoms with van der Waals surface area (Å²) in [5.74, 6) is 3.41. The summed E-state index contributed by atoms with van der Waals surface area (Å²) in [7, 11) is 0. The Balaban J connectivity index is 1.09. The minimum atomic E-state index is 0.355. The van der Waals surface area contributed by atoms with Gasteiger partial charge in [0.05, 0.1) is 24.4 Å². The Labute approximate surface area is 182 Å². The van der Waals surface area contributed by atoms with Gasteiger partial charge in [-0.25, -0.2) is 0 Å². The summed E-state index contributed by atoms with van der Waals surface area (Å²) in [6.07, 6.45) is 19.0. The molecule has 1 N–H and O–H groups in total. The van der Waals surface area contributed by atoms with Crippen molar-refractivity contribution >= 4 is 0 Å². The molecular formula is C25H43NO4. The van der Waals surface area contributed by atoms with Gasteiger partial charge in [0.2, 0.25) is 0 Å². The fourth-order valence-corrected chi connectivity index (χ4v) is 7.08. The van der Waals surface area contributed by atoms with Crippen LogP contribution in [0, 0.1) is 23.7 Å². The molecule has 0 spiro atoms. The molecule has 5 nitrogen and oxygen atoms in total. The largest absolute Gasteiger partial charge is 0.349 e. The molecule has 3 aliphatic carbocycles. The molecule has 5 aliphatic rings. The van der Waals surface area contributed by atoms with Gasteiger partial charge in [-0.15, -0.1) is 0 Å². The second-order valence-electron chi connectivity index (χ2n) is 10.8. The molecule has 0 amide bonds. The van der Waals surface area contributed by atoms with Gasteiger partial charge < -0.3 is 24.3 Å². The minimum absolute atomic E-state index is 0.355. The van der Waals surface area contributed by atoms with E-state index in [4.69, 9.17) is 18.9 Å². The molecule has 30 heavy (non-hydrogen) atoms. The third-order valence-electron chi connectivity index (χ3n) is 8.89. The molecule has 7 atom stereocenters. The average Bonchev–Trinajstić information content (AvgIpc) is 3.44. The van der Waals surface area contributed by atoms with Crippen molar-refractivity contribution in [2.75, 3.05) is 26.7 Å². The van der Waals surface area contributed by atoms with Crippen LogP contribution in [-0.2, 0) is 18.9 Å². The van der Waals surface area contributed by atoms with E-state index >= 15 is 0 Å². The van der Waals surface area contributed by atoms with E-state index in [1.54, 1.807) is 0 Å². The Morgan fingerprint density at radius 2 is 1.37 bits per heavy atom. The normalized spacial score (nSPS) is 40.8. The maximum atomic E-state index is 5.91. The molecule has 6 unspecified atom stereocenters. The molecule has 2 saturated heterocycles. The van der Waals surface area contributed by atoms with Crippen molar-refractivity contribution in [2.45, 2.75) is 108 Å². The Morgan fingerprint density at radius 3 is 2.17 bits per heavy atom. The molecule has 5 fully saturated rings. The zero-order chi connectivity index (χ0) is 20.2. The van der Waals surface area contributed by atoms with Gasteiger partial charge in [0.1, 0.15) is 13.6 Å². The molecule has 2 aliphatic heterocycles. The van der Waals surface area contributed by atoms with Crippen molar-refractivity contribution < 1.29 is 18.9 Å². The fraction of sp³-hybridized carbons (Fsp3) is 1.00. The zero-order valence-electron chi connectivity index (χ0n) is 18.8.